The van der Waals surface area contributed by atoms with Crippen molar-refractivity contribution in [3.8, 4) is 5.75 Å². The quantitative estimate of drug-likeness (QED) is 0.675. The molecule has 4 rings (SSSR count). The van der Waals surface area contributed by atoms with E-state index < -0.39 is 10.0 Å². The molecule has 1 aromatic heterocycles. The number of benzene rings is 1. The van der Waals surface area contributed by atoms with E-state index in [1.54, 1.807) is 18.2 Å². The molecule has 1 amide bonds. The molecule has 1 atom stereocenters. The highest BCUT2D eigenvalue weighted by molar-refractivity contribution is 7.89. The molecular weight excluding hydrogens is 418 g/mol. The number of rotatable bonds is 6. The zero-order chi connectivity index (χ0) is 21.8. The number of carbonyl (C=O) groups excluding carboxylic acids is 1. The third kappa shape index (κ3) is 5.10. The summed E-state index contributed by atoms with van der Waals surface area (Å²) in [4.78, 5) is 19.0. The first-order valence-corrected chi connectivity index (χ1v) is 12.4. The number of para-hydroxylation sites is 1. The molecule has 2 saturated heterocycles. The van der Waals surface area contributed by atoms with Gasteiger partial charge in [0, 0.05) is 31.6 Å². The van der Waals surface area contributed by atoms with Crippen LogP contribution in [0, 0.1) is 0 Å². The summed E-state index contributed by atoms with van der Waals surface area (Å²) in [7, 11) is -1.66. The first-order valence-electron chi connectivity index (χ1n) is 10.8. The molecule has 0 aliphatic carbocycles. The molecule has 2 aromatic rings. The molecule has 2 fully saturated rings. The van der Waals surface area contributed by atoms with Crippen LogP contribution >= 0.6 is 0 Å². The van der Waals surface area contributed by atoms with Gasteiger partial charge in [0.05, 0.1) is 31.5 Å². The van der Waals surface area contributed by atoms with E-state index in [9.17, 15) is 13.2 Å². The fourth-order valence-electron chi connectivity index (χ4n) is 4.30. The number of sulfonamides is 1. The second kappa shape index (κ2) is 9.40. The molecule has 0 radical (unpaired) electrons. The number of carbonyl (C=O) groups is 1. The van der Waals surface area contributed by atoms with Crippen LogP contribution in [0.1, 0.15) is 48.8 Å². The van der Waals surface area contributed by atoms with Gasteiger partial charge in [-0.3, -0.25) is 4.79 Å². The number of piperidine rings is 1. The minimum absolute atomic E-state index is 0.0158. The Hall–Kier alpha value is -2.39. The van der Waals surface area contributed by atoms with Crippen molar-refractivity contribution in [1.29, 1.82) is 0 Å². The summed E-state index contributed by atoms with van der Waals surface area (Å²) >= 11 is 0. The summed E-state index contributed by atoms with van der Waals surface area (Å²) in [5.74, 6) is 2.20. The monoisotopic (exact) mass is 447 g/mol. The van der Waals surface area contributed by atoms with Gasteiger partial charge in [-0.1, -0.05) is 18.2 Å². The van der Waals surface area contributed by atoms with Crippen molar-refractivity contribution in [2.75, 3.05) is 39.0 Å². The molecule has 0 saturated carbocycles. The standard InChI is InChI=1S/C22H29N3O5S/c1-29-20-9-3-2-7-17(20)13-19-14-23-22(30-19)18-8-6-10-24(15-18)21(26)16-25-11-4-5-12-31(25,27)28/h2-3,7,9,14,18H,4-6,8,10-13,15-16H2,1H3/t18-/m0/s1. The van der Waals surface area contributed by atoms with Crippen LogP contribution < -0.4 is 4.74 Å². The van der Waals surface area contributed by atoms with E-state index in [1.165, 1.54) is 4.31 Å². The molecule has 168 valence electrons. The molecule has 0 spiro atoms. The SMILES string of the molecule is COc1ccccc1Cc1cnc([C@H]2CCCN(C(=O)CN3CCCCS3(=O)=O)C2)o1. The predicted octanol–water partition coefficient (Wildman–Crippen LogP) is 2.41. The topological polar surface area (TPSA) is 93.0 Å². The summed E-state index contributed by atoms with van der Waals surface area (Å²) in [6.07, 6.45) is 5.52. The van der Waals surface area contributed by atoms with Crippen molar-refractivity contribution < 1.29 is 22.4 Å². The maximum Gasteiger partial charge on any atom is 0.237 e. The van der Waals surface area contributed by atoms with Crippen LogP contribution in [0.3, 0.4) is 0 Å². The molecule has 0 bridgehead atoms. The largest absolute Gasteiger partial charge is 0.496 e. The number of ether oxygens (including phenoxy) is 1. The van der Waals surface area contributed by atoms with Crippen molar-refractivity contribution in [2.24, 2.45) is 0 Å². The number of hydrogen-bond acceptors (Lipinski definition) is 6. The number of nitrogens with zero attached hydrogens (tertiary/aromatic N) is 3. The number of amides is 1. The van der Waals surface area contributed by atoms with Crippen LogP contribution in [-0.2, 0) is 21.2 Å². The first-order chi connectivity index (χ1) is 15.0. The Kier molecular flexibility index (Phi) is 6.62. The lowest BCUT2D eigenvalue weighted by Gasteiger charge is -2.33. The van der Waals surface area contributed by atoms with Crippen LogP contribution in [0.4, 0.5) is 0 Å². The molecule has 0 N–H and O–H groups in total. The fraction of sp³-hybridized carbons (Fsp3) is 0.545. The van der Waals surface area contributed by atoms with Gasteiger partial charge < -0.3 is 14.1 Å². The minimum atomic E-state index is -3.31. The number of hydrogen-bond donors (Lipinski definition) is 0. The van der Waals surface area contributed by atoms with E-state index in [0.29, 0.717) is 38.4 Å². The van der Waals surface area contributed by atoms with E-state index in [-0.39, 0.29) is 24.1 Å². The van der Waals surface area contributed by atoms with Gasteiger partial charge in [0.25, 0.3) is 0 Å². The first kappa shape index (κ1) is 21.8. The molecule has 31 heavy (non-hydrogen) atoms. The summed E-state index contributed by atoms with van der Waals surface area (Å²) in [5, 5.41) is 0. The van der Waals surface area contributed by atoms with Crippen molar-refractivity contribution >= 4 is 15.9 Å². The fourth-order valence-corrected chi connectivity index (χ4v) is 5.85. The van der Waals surface area contributed by atoms with E-state index in [0.717, 1.165) is 36.3 Å². The highest BCUT2D eigenvalue weighted by Gasteiger charge is 2.32. The molecule has 3 heterocycles. The average molecular weight is 448 g/mol. The maximum absolute atomic E-state index is 12.8. The molecule has 8 nitrogen and oxygen atoms in total. The highest BCUT2D eigenvalue weighted by Crippen LogP contribution is 2.28. The van der Waals surface area contributed by atoms with E-state index in [2.05, 4.69) is 4.98 Å². The van der Waals surface area contributed by atoms with Gasteiger partial charge in [0.15, 0.2) is 5.89 Å². The third-order valence-corrected chi connectivity index (χ3v) is 7.92. The predicted molar refractivity (Wildman–Crippen MR) is 115 cm³/mol. The van der Waals surface area contributed by atoms with Gasteiger partial charge in [-0.15, -0.1) is 0 Å². The van der Waals surface area contributed by atoms with Gasteiger partial charge in [-0.05, 0) is 31.7 Å². The zero-order valence-corrected chi connectivity index (χ0v) is 18.6. The summed E-state index contributed by atoms with van der Waals surface area (Å²) in [5.41, 5.74) is 1.02. The highest BCUT2D eigenvalue weighted by atomic mass is 32.2. The lowest BCUT2D eigenvalue weighted by molar-refractivity contribution is -0.132. The Morgan fingerprint density at radius 1 is 1.23 bits per heavy atom. The molecule has 1 aromatic carbocycles. The second-order valence-corrected chi connectivity index (χ2v) is 10.3. The Balaban J connectivity index is 1.39. The number of methoxy groups -OCH3 is 1. The summed E-state index contributed by atoms with van der Waals surface area (Å²) in [6, 6.07) is 7.80. The average Bonchev–Trinajstić information content (AvgIpc) is 3.24. The van der Waals surface area contributed by atoms with Crippen LogP contribution in [0.25, 0.3) is 0 Å². The molecule has 2 aliphatic heterocycles. The third-order valence-electron chi connectivity index (χ3n) is 6.02. The Labute approximate surface area is 183 Å². The zero-order valence-electron chi connectivity index (χ0n) is 17.8. The van der Waals surface area contributed by atoms with Crippen LogP contribution in [0.2, 0.25) is 0 Å². The molecule has 0 unspecified atom stereocenters. The van der Waals surface area contributed by atoms with Crippen LogP contribution in [0.5, 0.6) is 5.75 Å². The lowest BCUT2D eigenvalue weighted by Crippen LogP contribution is -2.48. The Morgan fingerprint density at radius 3 is 2.87 bits per heavy atom. The van der Waals surface area contributed by atoms with Gasteiger partial charge in [0.1, 0.15) is 11.5 Å². The van der Waals surface area contributed by atoms with E-state index in [4.69, 9.17) is 9.15 Å². The normalized spacial score (nSPS) is 21.7. The van der Waals surface area contributed by atoms with Gasteiger partial charge in [0.2, 0.25) is 15.9 Å². The summed E-state index contributed by atoms with van der Waals surface area (Å²) < 4.78 is 37.2. The molecule has 9 heteroatoms. The molecule has 2 aliphatic rings. The number of oxazole rings is 1. The summed E-state index contributed by atoms with van der Waals surface area (Å²) in [6.45, 7) is 1.50. The second-order valence-electron chi connectivity index (χ2n) is 8.19. The number of likely N-dealkylation sites (tertiary alicyclic amines) is 1. The van der Waals surface area contributed by atoms with Crippen molar-refractivity contribution in [3.63, 3.8) is 0 Å². The van der Waals surface area contributed by atoms with Gasteiger partial charge in [-0.2, -0.15) is 4.31 Å². The van der Waals surface area contributed by atoms with Crippen molar-refractivity contribution in [1.82, 2.24) is 14.2 Å². The maximum atomic E-state index is 12.8. The smallest absolute Gasteiger partial charge is 0.237 e. The van der Waals surface area contributed by atoms with E-state index in [1.807, 2.05) is 24.3 Å². The van der Waals surface area contributed by atoms with Gasteiger partial charge >= 0.3 is 0 Å². The van der Waals surface area contributed by atoms with Crippen molar-refractivity contribution in [2.45, 2.75) is 38.0 Å². The van der Waals surface area contributed by atoms with Crippen LogP contribution in [-0.4, -0.2) is 67.6 Å². The lowest BCUT2D eigenvalue weighted by atomic mass is 9.98. The Morgan fingerprint density at radius 2 is 2.06 bits per heavy atom. The minimum Gasteiger partial charge on any atom is -0.496 e. The Bertz CT molecular complexity index is 1020. The molecular formula is C22H29N3O5S. The van der Waals surface area contributed by atoms with Crippen molar-refractivity contribution in [3.05, 3.63) is 47.7 Å². The van der Waals surface area contributed by atoms with E-state index >= 15 is 0 Å². The number of aromatic nitrogens is 1. The van der Waals surface area contributed by atoms with Gasteiger partial charge in [-0.25, -0.2) is 13.4 Å². The van der Waals surface area contributed by atoms with Crippen LogP contribution in [0.15, 0.2) is 34.9 Å².